The second-order valence-electron chi connectivity index (χ2n) is 5.83. The van der Waals surface area contributed by atoms with Gasteiger partial charge in [-0.15, -0.1) is 0 Å². The van der Waals surface area contributed by atoms with E-state index < -0.39 is 18.5 Å². The molecule has 0 saturated heterocycles. The molecule has 0 aromatic heterocycles. The molecule has 0 aliphatic carbocycles. The summed E-state index contributed by atoms with van der Waals surface area (Å²) in [7, 11) is 0. The highest BCUT2D eigenvalue weighted by molar-refractivity contribution is 5.97. The van der Waals surface area contributed by atoms with Gasteiger partial charge in [0.05, 0.1) is 11.8 Å². The van der Waals surface area contributed by atoms with E-state index in [1.165, 1.54) is 6.21 Å². The molecule has 0 aliphatic heterocycles. The number of para-hydroxylation sites is 3. The molecule has 0 atom stereocenters. The molecule has 0 radical (unpaired) electrons. The first-order chi connectivity index (χ1) is 14.1. The largest absolute Gasteiger partial charge is 0.481 e. The van der Waals surface area contributed by atoms with Crippen LogP contribution in [-0.2, 0) is 4.79 Å². The maximum absolute atomic E-state index is 12.5. The maximum Gasteiger partial charge on any atom is 0.341 e. The lowest BCUT2D eigenvalue weighted by molar-refractivity contribution is -0.139. The van der Waals surface area contributed by atoms with E-state index in [9.17, 15) is 9.59 Å². The van der Waals surface area contributed by atoms with Crippen LogP contribution < -0.4 is 14.9 Å². The Balaban J connectivity index is 1.70. The van der Waals surface area contributed by atoms with Gasteiger partial charge in [-0.1, -0.05) is 42.5 Å². The van der Waals surface area contributed by atoms with E-state index in [0.29, 0.717) is 28.4 Å². The van der Waals surface area contributed by atoms with Gasteiger partial charge in [0, 0.05) is 5.56 Å². The predicted molar refractivity (Wildman–Crippen MR) is 108 cm³/mol. The summed E-state index contributed by atoms with van der Waals surface area (Å²) in [5.41, 5.74) is 3.30. The van der Waals surface area contributed by atoms with Crippen LogP contribution in [0.1, 0.15) is 15.9 Å². The third-order valence-corrected chi connectivity index (χ3v) is 3.74. The van der Waals surface area contributed by atoms with Crippen molar-refractivity contribution in [1.82, 2.24) is 5.43 Å². The molecule has 3 rings (SSSR count). The number of hydrogen-bond acceptors (Lipinski definition) is 5. The molecule has 3 aromatic carbocycles. The molecule has 0 heterocycles. The fourth-order valence-electron chi connectivity index (χ4n) is 2.44. The van der Waals surface area contributed by atoms with Crippen molar-refractivity contribution < 1.29 is 24.2 Å². The third kappa shape index (κ3) is 5.67. The second-order valence-corrected chi connectivity index (χ2v) is 5.83. The number of ether oxygens (including phenoxy) is 2. The van der Waals surface area contributed by atoms with Crippen molar-refractivity contribution in [3.05, 3.63) is 90.0 Å². The number of carboxylic acids is 1. The summed E-state index contributed by atoms with van der Waals surface area (Å²) in [6.07, 6.45) is 1.38. The lowest BCUT2D eigenvalue weighted by Crippen LogP contribution is -2.18. The average molecular weight is 390 g/mol. The maximum atomic E-state index is 12.5. The molecule has 2 N–H and O–H groups in total. The number of carbonyl (C=O) groups is 2. The van der Waals surface area contributed by atoms with Gasteiger partial charge in [0.15, 0.2) is 6.61 Å². The third-order valence-electron chi connectivity index (χ3n) is 3.74. The number of hydrazone groups is 1. The Labute approximate surface area is 167 Å². The van der Waals surface area contributed by atoms with Gasteiger partial charge in [0.1, 0.15) is 17.2 Å². The molecule has 3 aromatic rings. The molecule has 0 spiro atoms. The van der Waals surface area contributed by atoms with Crippen LogP contribution in [0.2, 0.25) is 0 Å². The normalized spacial score (nSPS) is 10.5. The fourth-order valence-corrected chi connectivity index (χ4v) is 2.44. The zero-order chi connectivity index (χ0) is 20.5. The Morgan fingerprint density at radius 1 is 0.897 bits per heavy atom. The van der Waals surface area contributed by atoms with Crippen LogP contribution in [0.5, 0.6) is 17.2 Å². The smallest absolute Gasteiger partial charge is 0.341 e. The molecular formula is C22H18N2O5. The molecular weight excluding hydrogens is 372 g/mol. The van der Waals surface area contributed by atoms with E-state index in [4.69, 9.17) is 14.6 Å². The van der Waals surface area contributed by atoms with Crippen molar-refractivity contribution in [2.24, 2.45) is 5.10 Å². The SMILES string of the molecule is O=C(O)COc1ccccc1C=NNC(=O)c1ccccc1Oc1ccccc1. The van der Waals surface area contributed by atoms with Crippen LogP contribution in [0.15, 0.2) is 84.0 Å². The Morgan fingerprint density at radius 2 is 1.55 bits per heavy atom. The van der Waals surface area contributed by atoms with Gasteiger partial charge in [-0.3, -0.25) is 4.79 Å². The molecule has 29 heavy (non-hydrogen) atoms. The monoisotopic (exact) mass is 390 g/mol. The molecule has 0 fully saturated rings. The van der Waals surface area contributed by atoms with Gasteiger partial charge in [-0.05, 0) is 36.4 Å². The number of amides is 1. The van der Waals surface area contributed by atoms with E-state index >= 15 is 0 Å². The fraction of sp³-hybridized carbons (Fsp3) is 0.0455. The second kappa shape index (κ2) is 9.70. The summed E-state index contributed by atoms with van der Waals surface area (Å²) in [5.74, 6) is -0.171. The lowest BCUT2D eigenvalue weighted by atomic mass is 10.2. The van der Waals surface area contributed by atoms with Crippen LogP contribution in [-0.4, -0.2) is 29.8 Å². The Hall–Kier alpha value is -4.13. The molecule has 0 unspecified atom stereocenters. The number of benzene rings is 3. The predicted octanol–water partition coefficient (Wildman–Crippen LogP) is 3.71. The lowest BCUT2D eigenvalue weighted by Gasteiger charge is -2.10. The average Bonchev–Trinajstić information content (AvgIpc) is 2.74. The van der Waals surface area contributed by atoms with Gasteiger partial charge in [-0.2, -0.15) is 5.10 Å². The first kappa shape index (κ1) is 19.6. The van der Waals surface area contributed by atoms with Crippen LogP contribution in [0, 0.1) is 0 Å². The van der Waals surface area contributed by atoms with E-state index in [-0.39, 0.29) is 0 Å². The number of hydrogen-bond donors (Lipinski definition) is 2. The van der Waals surface area contributed by atoms with Gasteiger partial charge < -0.3 is 14.6 Å². The first-order valence-electron chi connectivity index (χ1n) is 8.72. The van der Waals surface area contributed by atoms with Crippen LogP contribution >= 0.6 is 0 Å². The quantitative estimate of drug-likeness (QED) is 0.451. The number of nitrogens with zero attached hydrogens (tertiary/aromatic N) is 1. The van der Waals surface area contributed by atoms with Crippen molar-refractivity contribution in [2.75, 3.05) is 6.61 Å². The number of carbonyl (C=O) groups excluding carboxylic acids is 1. The minimum Gasteiger partial charge on any atom is -0.481 e. The highest BCUT2D eigenvalue weighted by Gasteiger charge is 2.12. The Kier molecular flexibility index (Phi) is 6.57. The summed E-state index contributed by atoms with van der Waals surface area (Å²) >= 11 is 0. The zero-order valence-corrected chi connectivity index (χ0v) is 15.3. The van der Waals surface area contributed by atoms with E-state index in [1.54, 1.807) is 60.7 Å². The Bertz CT molecular complexity index is 1020. The highest BCUT2D eigenvalue weighted by atomic mass is 16.5. The zero-order valence-electron chi connectivity index (χ0n) is 15.3. The van der Waals surface area contributed by atoms with Crippen molar-refractivity contribution in [3.8, 4) is 17.2 Å². The summed E-state index contributed by atoms with van der Waals surface area (Å²) in [6.45, 7) is -0.471. The summed E-state index contributed by atoms with van der Waals surface area (Å²) in [6, 6.07) is 22.7. The molecule has 0 saturated carbocycles. The van der Waals surface area contributed by atoms with Crippen molar-refractivity contribution in [3.63, 3.8) is 0 Å². The standard InChI is InChI=1S/C22H18N2O5/c25-21(26)15-28-19-12-6-4-8-16(19)14-23-24-22(27)18-11-5-7-13-20(18)29-17-9-2-1-3-10-17/h1-14H,15H2,(H,24,27)(H,25,26). The molecule has 7 heteroatoms. The molecule has 7 nitrogen and oxygen atoms in total. The summed E-state index contributed by atoms with van der Waals surface area (Å²) in [5, 5.41) is 12.7. The van der Waals surface area contributed by atoms with E-state index in [2.05, 4.69) is 10.5 Å². The summed E-state index contributed by atoms with van der Waals surface area (Å²) < 4.78 is 11.0. The highest BCUT2D eigenvalue weighted by Crippen LogP contribution is 2.25. The van der Waals surface area contributed by atoms with Gasteiger partial charge in [0.25, 0.3) is 5.91 Å². The topological polar surface area (TPSA) is 97.2 Å². The molecule has 146 valence electrons. The van der Waals surface area contributed by atoms with Crippen LogP contribution in [0.25, 0.3) is 0 Å². The number of nitrogens with one attached hydrogen (secondary N) is 1. The molecule has 0 aliphatic rings. The van der Waals surface area contributed by atoms with Crippen molar-refractivity contribution in [1.29, 1.82) is 0 Å². The minimum absolute atomic E-state index is 0.323. The number of rotatable bonds is 8. The first-order valence-corrected chi connectivity index (χ1v) is 8.72. The number of carboxylic acid groups (broad SMARTS) is 1. The summed E-state index contributed by atoms with van der Waals surface area (Å²) in [4.78, 5) is 23.2. The minimum atomic E-state index is -1.08. The molecule has 1 amide bonds. The van der Waals surface area contributed by atoms with E-state index in [0.717, 1.165) is 0 Å². The van der Waals surface area contributed by atoms with Gasteiger partial charge in [0.2, 0.25) is 0 Å². The van der Waals surface area contributed by atoms with Crippen LogP contribution in [0.4, 0.5) is 0 Å². The van der Waals surface area contributed by atoms with E-state index in [1.807, 2.05) is 18.2 Å². The van der Waals surface area contributed by atoms with Crippen molar-refractivity contribution in [2.45, 2.75) is 0 Å². The molecule has 0 bridgehead atoms. The van der Waals surface area contributed by atoms with Crippen molar-refractivity contribution >= 4 is 18.1 Å². The number of aliphatic carboxylic acids is 1. The van der Waals surface area contributed by atoms with Crippen LogP contribution in [0.3, 0.4) is 0 Å². The Morgan fingerprint density at radius 3 is 2.31 bits per heavy atom. The van der Waals surface area contributed by atoms with Gasteiger partial charge >= 0.3 is 5.97 Å². The van der Waals surface area contributed by atoms with Gasteiger partial charge in [-0.25, -0.2) is 10.2 Å².